The van der Waals surface area contributed by atoms with Crippen LogP contribution in [0.25, 0.3) is 0 Å². The first-order valence-electron chi connectivity index (χ1n) is 6.22. The van der Waals surface area contributed by atoms with Gasteiger partial charge in [-0.2, -0.15) is 0 Å². The van der Waals surface area contributed by atoms with E-state index in [0.29, 0.717) is 0 Å². The van der Waals surface area contributed by atoms with Crippen molar-refractivity contribution in [2.45, 2.75) is 19.0 Å². The molecule has 2 N–H and O–H groups in total. The van der Waals surface area contributed by atoms with Gasteiger partial charge in [0, 0.05) is 18.3 Å². The molecule has 0 bridgehead atoms. The highest BCUT2D eigenvalue weighted by atomic mass is 32.2. The molecule has 0 fully saturated rings. The Balaban J connectivity index is 2.29. The summed E-state index contributed by atoms with van der Waals surface area (Å²) in [5.41, 5.74) is 2.26. The summed E-state index contributed by atoms with van der Waals surface area (Å²) in [6, 6.07) is 10.1. The minimum atomic E-state index is 0.759. The van der Waals surface area contributed by atoms with E-state index in [0.717, 1.165) is 29.0 Å². The number of aromatic nitrogens is 2. The second-order valence-corrected chi connectivity index (χ2v) is 4.87. The van der Waals surface area contributed by atoms with Crippen LogP contribution in [0.1, 0.15) is 12.5 Å². The maximum atomic E-state index is 4.47. The van der Waals surface area contributed by atoms with Gasteiger partial charge in [0.2, 0.25) is 0 Å². The van der Waals surface area contributed by atoms with Gasteiger partial charge in [-0.1, -0.05) is 30.0 Å². The molecule has 1 aromatic carbocycles. The third-order valence-corrected chi connectivity index (χ3v) is 3.20. The first kappa shape index (κ1) is 13.7. The quantitative estimate of drug-likeness (QED) is 0.643. The third kappa shape index (κ3) is 3.61. The van der Waals surface area contributed by atoms with Gasteiger partial charge in [-0.25, -0.2) is 9.97 Å². The number of hydrogen-bond donors (Lipinski definition) is 2. The van der Waals surface area contributed by atoms with Gasteiger partial charge in [0.25, 0.3) is 0 Å². The van der Waals surface area contributed by atoms with E-state index >= 15 is 0 Å². The Bertz CT molecular complexity index is 557. The average molecular weight is 274 g/mol. The Morgan fingerprint density at radius 3 is 2.58 bits per heavy atom. The smallest absolute Gasteiger partial charge is 0.191 e. The summed E-state index contributed by atoms with van der Waals surface area (Å²) < 4.78 is 0. The molecule has 1 aromatic heterocycles. The largest absolute Gasteiger partial charge is 0.370 e. The lowest BCUT2D eigenvalue weighted by Gasteiger charge is -2.11. The lowest BCUT2D eigenvalue weighted by atomic mass is 10.2. The standard InChI is InChI=1S/C14H18N4S/c1-4-15-12-9-13(18-14(17-12)19-3)16-11-8-6-5-7-10(11)2/h5-9H,4H2,1-3H3,(H2,15,16,17,18). The van der Waals surface area contributed by atoms with E-state index in [1.165, 1.54) is 17.3 Å². The number of nitrogens with zero attached hydrogens (tertiary/aromatic N) is 2. The predicted molar refractivity (Wildman–Crippen MR) is 82.4 cm³/mol. The monoisotopic (exact) mass is 274 g/mol. The maximum absolute atomic E-state index is 4.47. The van der Waals surface area contributed by atoms with Crippen molar-refractivity contribution in [2.24, 2.45) is 0 Å². The average Bonchev–Trinajstić information content (AvgIpc) is 2.41. The van der Waals surface area contributed by atoms with Gasteiger partial charge < -0.3 is 10.6 Å². The molecule has 4 nitrogen and oxygen atoms in total. The van der Waals surface area contributed by atoms with Crippen LogP contribution in [0.5, 0.6) is 0 Å². The van der Waals surface area contributed by atoms with Crippen LogP contribution in [0.15, 0.2) is 35.5 Å². The van der Waals surface area contributed by atoms with Gasteiger partial charge in [0.05, 0.1) is 0 Å². The van der Waals surface area contributed by atoms with Gasteiger partial charge in [0.15, 0.2) is 5.16 Å². The Morgan fingerprint density at radius 1 is 1.16 bits per heavy atom. The van der Waals surface area contributed by atoms with Gasteiger partial charge in [0.1, 0.15) is 11.6 Å². The number of para-hydroxylation sites is 1. The summed E-state index contributed by atoms with van der Waals surface area (Å²) in [4.78, 5) is 8.88. The van der Waals surface area contributed by atoms with E-state index in [2.05, 4.69) is 40.5 Å². The number of aryl methyl sites for hydroxylation is 1. The zero-order valence-corrected chi connectivity index (χ0v) is 12.2. The number of hydrogen-bond acceptors (Lipinski definition) is 5. The summed E-state index contributed by atoms with van der Waals surface area (Å²) in [6.45, 7) is 4.97. The SMILES string of the molecule is CCNc1cc(Nc2ccccc2C)nc(SC)n1. The number of rotatable bonds is 5. The zero-order valence-electron chi connectivity index (χ0n) is 11.4. The van der Waals surface area contributed by atoms with Crippen LogP contribution in [0.3, 0.4) is 0 Å². The molecule has 0 spiro atoms. The Morgan fingerprint density at radius 2 is 1.89 bits per heavy atom. The highest BCUT2D eigenvalue weighted by Crippen LogP contribution is 2.22. The molecule has 5 heteroatoms. The minimum Gasteiger partial charge on any atom is -0.370 e. The molecule has 2 aromatic rings. The molecule has 0 unspecified atom stereocenters. The van der Waals surface area contributed by atoms with Crippen molar-refractivity contribution in [2.75, 3.05) is 23.4 Å². The van der Waals surface area contributed by atoms with Gasteiger partial charge in [-0.15, -0.1) is 0 Å². The molecule has 0 aliphatic rings. The van der Waals surface area contributed by atoms with Crippen molar-refractivity contribution in [1.82, 2.24) is 9.97 Å². The van der Waals surface area contributed by atoms with Crippen LogP contribution < -0.4 is 10.6 Å². The predicted octanol–water partition coefficient (Wildman–Crippen LogP) is 3.68. The molecule has 1 heterocycles. The fourth-order valence-electron chi connectivity index (χ4n) is 1.70. The van der Waals surface area contributed by atoms with E-state index in [1.807, 2.05) is 30.5 Å². The second-order valence-electron chi connectivity index (χ2n) is 4.10. The summed E-state index contributed by atoms with van der Waals surface area (Å²) in [7, 11) is 0. The zero-order chi connectivity index (χ0) is 13.7. The molecule has 19 heavy (non-hydrogen) atoms. The molecule has 0 saturated heterocycles. The van der Waals surface area contributed by atoms with Crippen LogP contribution in [0, 0.1) is 6.92 Å². The van der Waals surface area contributed by atoms with Gasteiger partial charge >= 0.3 is 0 Å². The van der Waals surface area contributed by atoms with E-state index in [1.54, 1.807) is 0 Å². The first-order valence-corrected chi connectivity index (χ1v) is 7.45. The molecule has 0 amide bonds. The van der Waals surface area contributed by atoms with Crippen molar-refractivity contribution in [3.05, 3.63) is 35.9 Å². The number of nitrogens with one attached hydrogen (secondary N) is 2. The van der Waals surface area contributed by atoms with Crippen LogP contribution in [-0.2, 0) is 0 Å². The Hall–Kier alpha value is -1.75. The molecule has 0 aliphatic heterocycles. The normalized spacial score (nSPS) is 10.3. The van der Waals surface area contributed by atoms with E-state index in [-0.39, 0.29) is 0 Å². The van der Waals surface area contributed by atoms with Crippen LogP contribution in [0.2, 0.25) is 0 Å². The van der Waals surface area contributed by atoms with Crippen molar-refractivity contribution in [3.63, 3.8) is 0 Å². The lowest BCUT2D eigenvalue weighted by molar-refractivity contribution is 0.967. The van der Waals surface area contributed by atoms with Gasteiger partial charge in [-0.3, -0.25) is 0 Å². The first-order chi connectivity index (χ1) is 9.22. The maximum Gasteiger partial charge on any atom is 0.191 e. The summed E-state index contributed by atoms with van der Waals surface area (Å²) in [6.07, 6.45) is 1.97. The van der Waals surface area contributed by atoms with Crippen LogP contribution >= 0.6 is 11.8 Å². The van der Waals surface area contributed by atoms with Crippen LogP contribution in [-0.4, -0.2) is 22.8 Å². The fraction of sp³-hybridized carbons (Fsp3) is 0.286. The second kappa shape index (κ2) is 6.43. The molecule has 2 rings (SSSR count). The van der Waals surface area contributed by atoms with Crippen molar-refractivity contribution >= 4 is 29.1 Å². The highest BCUT2D eigenvalue weighted by molar-refractivity contribution is 7.98. The summed E-state index contributed by atoms with van der Waals surface area (Å²) in [5.74, 6) is 1.66. The van der Waals surface area contributed by atoms with Crippen molar-refractivity contribution in [1.29, 1.82) is 0 Å². The van der Waals surface area contributed by atoms with Gasteiger partial charge in [-0.05, 0) is 31.7 Å². The molecule has 0 aliphatic carbocycles. The van der Waals surface area contributed by atoms with E-state index in [4.69, 9.17) is 0 Å². The van der Waals surface area contributed by atoms with E-state index in [9.17, 15) is 0 Å². The van der Waals surface area contributed by atoms with Crippen molar-refractivity contribution in [3.8, 4) is 0 Å². The lowest BCUT2D eigenvalue weighted by Crippen LogP contribution is -2.04. The molecular weight excluding hydrogens is 256 g/mol. The third-order valence-electron chi connectivity index (χ3n) is 2.65. The molecular formula is C14H18N4S. The van der Waals surface area contributed by atoms with Crippen molar-refractivity contribution < 1.29 is 0 Å². The van der Waals surface area contributed by atoms with E-state index < -0.39 is 0 Å². The number of anilines is 3. The summed E-state index contributed by atoms with van der Waals surface area (Å²) >= 11 is 1.54. The minimum absolute atomic E-state index is 0.759. The Kier molecular flexibility index (Phi) is 4.63. The number of benzene rings is 1. The Labute approximate surface area is 118 Å². The molecule has 100 valence electrons. The molecule has 0 saturated carbocycles. The topological polar surface area (TPSA) is 49.8 Å². The fourth-order valence-corrected chi connectivity index (χ4v) is 2.08. The molecule has 0 atom stereocenters. The van der Waals surface area contributed by atoms with Crippen LogP contribution in [0.4, 0.5) is 17.3 Å². The number of thioether (sulfide) groups is 1. The molecule has 0 radical (unpaired) electrons. The highest BCUT2D eigenvalue weighted by Gasteiger charge is 2.05. The summed E-state index contributed by atoms with van der Waals surface area (Å²) in [5, 5.41) is 7.32.